The summed E-state index contributed by atoms with van der Waals surface area (Å²) < 4.78 is 24.1. The van der Waals surface area contributed by atoms with Crippen LogP contribution in [-0.4, -0.2) is 99.3 Å². The van der Waals surface area contributed by atoms with Gasteiger partial charge in [-0.05, 0) is 42.0 Å². The van der Waals surface area contributed by atoms with E-state index in [2.05, 4.69) is 0 Å². The Labute approximate surface area is 293 Å². The van der Waals surface area contributed by atoms with Crippen LogP contribution in [0.2, 0.25) is 0 Å². The van der Waals surface area contributed by atoms with Crippen LogP contribution in [0, 0.1) is 0 Å². The summed E-state index contributed by atoms with van der Waals surface area (Å²) in [4.78, 5) is 14.7. The van der Waals surface area contributed by atoms with Crippen LogP contribution in [0.5, 0.6) is 51.7 Å². The zero-order chi connectivity index (χ0) is 37.2. The van der Waals surface area contributed by atoms with Crippen molar-refractivity contribution < 1.29 is 79.9 Å². The van der Waals surface area contributed by atoms with E-state index < -0.39 is 95.7 Å². The number of benzene rings is 4. The van der Waals surface area contributed by atoms with Crippen molar-refractivity contribution in [2.75, 3.05) is 6.61 Å². The summed E-state index contributed by atoms with van der Waals surface area (Å²) in [6, 6.07) is 12.1. The fourth-order valence-electron chi connectivity index (χ4n) is 6.57. The van der Waals surface area contributed by atoms with Crippen LogP contribution < -0.4 is 14.2 Å². The van der Waals surface area contributed by atoms with E-state index in [0.29, 0.717) is 0 Å². The molecule has 0 radical (unpaired) electrons. The fourth-order valence-corrected chi connectivity index (χ4v) is 6.57. The number of rotatable bonds is 6. The van der Waals surface area contributed by atoms with Gasteiger partial charge in [0.1, 0.15) is 88.2 Å². The second-order valence-electron chi connectivity index (χ2n) is 12.5. The summed E-state index contributed by atoms with van der Waals surface area (Å²) >= 11 is 0. The number of fused-ring (bicyclic) bond motifs is 2. The van der Waals surface area contributed by atoms with Gasteiger partial charge >= 0.3 is 0 Å². The number of phenolic OH excluding ortho intramolecular Hbond substituents is 6. The van der Waals surface area contributed by atoms with Crippen LogP contribution in [0.1, 0.15) is 50.7 Å². The van der Waals surface area contributed by atoms with Crippen LogP contribution in [0.15, 0.2) is 66.7 Å². The molecule has 0 saturated carbocycles. The molecule has 0 amide bonds. The Bertz CT molecular complexity index is 2080. The van der Waals surface area contributed by atoms with Gasteiger partial charge in [-0.15, -0.1) is 0 Å². The fraction of sp³-hybridized carbons (Fsp3) is 0.250. The number of phenols is 6. The minimum absolute atomic E-state index is 0.125. The molecular weight excluding hydrogens is 688 g/mol. The van der Waals surface area contributed by atoms with Crippen LogP contribution in [0.25, 0.3) is 5.76 Å². The predicted octanol–water partition coefficient (Wildman–Crippen LogP) is 1.67. The van der Waals surface area contributed by atoms with E-state index in [9.17, 15) is 61.0 Å². The van der Waals surface area contributed by atoms with Gasteiger partial charge < -0.3 is 75.1 Å². The average Bonchev–Trinajstić information content (AvgIpc) is 3.10. The lowest BCUT2D eigenvalue weighted by Crippen LogP contribution is -2.60. The van der Waals surface area contributed by atoms with Crippen LogP contribution in [0.3, 0.4) is 0 Å². The molecule has 3 aliphatic heterocycles. The molecule has 1 saturated heterocycles. The quantitative estimate of drug-likeness (QED) is 0.126. The molecule has 11 N–H and O–H groups in total. The maximum Gasteiger partial charge on any atom is 0.229 e. The maximum absolute atomic E-state index is 14.7. The lowest BCUT2D eigenvalue weighted by molar-refractivity contribution is -0.277. The summed E-state index contributed by atoms with van der Waals surface area (Å²) in [7, 11) is 0. The number of hydrogen-bond donors (Lipinski definition) is 11. The topological polar surface area (TPSA) is 277 Å². The van der Waals surface area contributed by atoms with Crippen LogP contribution in [0.4, 0.5) is 0 Å². The molecule has 8 unspecified atom stereocenters. The van der Waals surface area contributed by atoms with Gasteiger partial charge in [-0.1, -0.05) is 12.1 Å². The average molecular weight is 721 g/mol. The first-order valence-electron chi connectivity index (χ1n) is 15.8. The third-order valence-corrected chi connectivity index (χ3v) is 9.15. The molecule has 16 nitrogen and oxygen atoms in total. The van der Waals surface area contributed by atoms with E-state index in [1.807, 2.05) is 0 Å². The Balaban J connectivity index is 1.47. The van der Waals surface area contributed by atoms with Crippen molar-refractivity contribution in [3.8, 4) is 51.7 Å². The molecule has 0 aromatic heterocycles. The molecule has 272 valence electrons. The third-order valence-electron chi connectivity index (χ3n) is 9.15. The summed E-state index contributed by atoms with van der Waals surface area (Å²) in [5.41, 5.74) is -0.528. The van der Waals surface area contributed by atoms with Gasteiger partial charge in [-0.3, -0.25) is 4.79 Å². The summed E-state index contributed by atoms with van der Waals surface area (Å²) in [5, 5.41) is 115. The summed E-state index contributed by atoms with van der Waals surface area (Å²) in [6.45, 7) is -0.809. The number of aromatic hydroxyl groups is 6. The van der Waals surface area contributed by atoms with E-state index in [0.717, 1.165) is 30.3 Å². The highest BCUT2D eigenvalue weighted by molar-refractivity contribution is 6.08. The van der Waals surface area contributed by atoms with Crippen molar-refractivity contribution in [2.45, 2.75) is 48.8 Å². The summed E-state index contributed by atoms with van der Waals surface area (Å²) in [6.07, 6.45) is -10.7. The first-order chi connectivity index (χ1) is 24.8. The van der Waals surface area contributed by atoms with Gasteiger partial charge in [0.25, 0.3) is 0 Å². The third kappa shape index (κ3) is 5.82. The van der Waals surface area contributed by atoms with Crippen LogP contribution in [-0.2, 0) is 4.74 Å². The van der Waals surface area contributed by atoms with Gasteiger partial charge in [-0.25, -0.2) is 0 Å². The largest absolute Gasteiger partial charge is 0.508 e. The minimum atomic E-state index is -1.95. The summed E-state index contributed by atoms with van der Waals surface area (Å²) in [5.74, 6) is -6.52. The normalized spacial score (nSPS) is 26.7. The molecule has 0 spiro atoms. The van der Waals surface area contributed by atoms with Crippen molar-refractivity contribution in [3.05, 3.63) is 94.6 Å². The van der Waals surface area contributed by atoms with Crippen molar-refractivity contribution in [2.24, 2.45) is 0 Å². The molecule has 3 aliphatic rings. The predicted molar refractivity (Wildman–Crippen MR) is 174 cm³/mol. The van der Waals surface area contributed by atoms with E-state index in [1.54, 1.807) is 0 Å². The highest BCUT2D eigenvalue weighted by atomic mass is 16.7. The van der Waals surface area contributed by atoms with Crippen molar-refractivity contribution >= 4 is 11.5 Å². The molecule has 4 aromatic carbocycles. The Kier molecular flexibility index (Phi) is 8.74. The van der Waals surface area contributed by atoms with E-state index >= 15 is 0 Å². The number of aliphatic hydroxyl groups is 5. The Morgan fingerprint density at radius 3 is 2.13 bits per heavy atom. The highest BCUT2D eigenvalue weighted by Gasteiger charge is 2.49. The number of ether oxygens (including phenoxy) is 4. The first kappa shape index (κ1) is 34.7. The van der Waals surface area contributed by atoms with Crippen molar-refractivity contribution in [3.63, 3.8) is 0 Å². The SMILES string of the molecule is O=C1c2c(O)cc(O)cc2OC(c2ccc(O)cc2)C1c1c(OC2OC(CO)C(O)C(O)C2O)cc(O)c2c1OC(c1ccc(O)c(O)c1)=CC2O. The standard InChI is InChI=1S/C36H32O16/c37-12-25-30(45)32(47)33(48)36(52-25)51-24-11-21(44)26-20(43)10-22(14-3-6-17(40)18(41)7-14)49-35(26)28(24)29-31(46)27-19(42)8-16(39)9-23(27)50-34(29)13-1-4-15(38)5-2-13/h1-11,20,25,29-30,32-34,36-45,47-48H,12H2. The molecule has 8 atom stereocenters. The van der Waals surface area contributed by atoms with Gasteiger partial charge in [-0.2, -0.15) is 0 Å². The molecule has 0 aliphatic carbocycles. The number of ketones is 1. The maximum atomic E-state index is 14.7. The molecule has 16 heteroatoms. The lowest BCUT2D eigenvalue weighted by atomic mass is 9.78. The monoisotopic (exact) mass is 720 g/mol. The molecule has 1 fully saturated rings. The van der Waals surface area contributed by atoms with Crippen molar-refractivity contribution in [1.82, 2.24) is 0 Å². The molecule has 7 rings (SSSR count). The Morgan fingerprint density at radius 1 is 0.712 bits per heavy atom. The van der Waals surface area contributed by atoms with Gasteiger partial charge in [0.15, 0.2) is 17.3 Å². The Morgan fingerprint density at radius 2 is 1.44 bits per heavy atom. The second-order valence-corrected chi connectivity index (χ2v) is 12.5. The van der Waals surface area contributed by atoms with Gasteiger partial charge in [0, 0.05) is 23.8 Å². The minimum Gasteiger partial charge on any atom is -0.508 e. The smallest absolute Gasteiger partial charge is 0.229 e. The van der Waals surface area contributed by atoms with E-state index in [-0.39, 0.29) is 50.8 Å². The first-order valence-corrected chi connectivity index (χ1v) is 15.8. The van der Waals surface area contributed by atoms with Gasteiger partial charge in [0.05, 0.1) is 23.7 Å². The van der Waals surface area contributed by atoms with Crippen molar-refractivity contribution in [1.29, 1.82) is 0 Å². The zero-order valence-corrected chi connectivity index (χ0v) is 26.6. The number of hydrogen-bond acceptors (Lipinski definition) is 16. The number of carbonyl (C=O) groups is 1. The number of aliphatic hydroxyl groups excluding tert-OH is 5. The van der Waals surface area contributed by atoms with Crippen LogP contribution >= 0.6 is 0 Å². The van der Waals surface area contributed by atoms with E-state index in [1.165, 1.54) is 36.4 Å². The highest BCUT2D eigenvalue weighted by Crippen LogP contribution is 2.56. The second kappa shape index (κ2) is 13.1. The number of carbonyl (C=O) groups excluding carboxylic acids is 1. The van der Waals surface area contributed by atoms with E-state index in [4.69, 9.17) is 18.9 Å². The molecular formula is C36H32O16. The lowest BCUT2D eigenvalue weighted by Gasteiger charge is -2.41. The molecule has 52 heavy (non-hydrogen) atoms. The number of Topliss-reactive ketones (excluding diaryl/α,β-unsaturated/α-hetero) is 1. The molecule has 3 heterocycles. The molecule has 4 aromatic rings. The Hall–Kier alpha value is -5.75. The van der Waals surface area contributed by atoms with Gasteiger partial charge in [0.2, 0.25) is 6.29 Å². The zero-order valence-electron chi connectivity index (χ0n) is 26.6. The molecule has 0 bridgehead atoms.